The third-order valence-corrected chi connectivity index (χ3v) is 4.62. The maximum absolute atomic E-state index is 12.5. The van der Waals surface area contributed by atoms with Gasteiger partial charge in [-0.05, 0) is 19.2 Å². The zero-order valence-corrected chi connectivity index (χ0v) is 11.5. The average molecular weight is 313 g/mol. The molecule has 0 amide bonds. The number of rotatable bonds is 3. The molecule has 2 nitrogen and oxygen atoms in total. The molecule has 8 heteroatoms. The van der Waals surface area contributed by atoms with Crippen LogP contribution in [0.1, 0.15) is 20.8 Å². The largest absolute Gasteiger partial charge is 0.443 e. The number of aromatic nitrogens is 1. The van der Waals surface area contributed by atoms with Crippen LogP contribution in [-0.4, -0.2) is 12.0 Å². The molecular weight excluding hydrogens is 305 g/mol. The maximum atomic E-state index is 12.5. The Labute approximate surface area is 114 Å². The molecule has 1 unspecified atom stereocenters. The molecule has 0 saturated heterocycles. The molecule has 2 aromatic rings. The van der Waals surface area contributed by atoms with Crippen molar-refractivity contribution in [3.8, 4) is 0 Å². The third-order valence-electron chi connectivity index (χ3n) is 2.22. The van der Waals surface area contributed by atoms with Crippen molar-refractivity contribution in [1.82, 2.24) is 10.3 Å². The quantitative estimate of drug-likeness (QED) is 0.919. The van der Waals surface area contributed by atoms with Crippen molar-refractivity contribution in [2.45, 2.75) is 12.2 Å². The molecule has 2 aromatic heterocycles. The fraction of sp³-hybridized carbons (Fsp3) is 0.300. The van der Waals surface area contributed by atoms with Gasteiger partial charge in [0, 0.05) is 16.0 Å². The fourth-order valence-electron chi connectivity index (χ4n) is 1.46. The van der Waals surface area contributed by atoms with Gasteiger partial charge in [-0.25, -0.2) is 4.98 Å². The van der Waals surface area contributed by atoms with E-state index in [1.165, 1.54) is 17.5 Å². The van der Waals surface area contributed by atoms with Crippen molar-refractivity contribution < 1.29 is 13.2 Å². The van der Waals surface area contributed by atoms with Crippen molar-refractivity contribution >= 4 is 34.3 Å². The van der Waals surface area contributed by atoms with Gasteiger partial charge in [-0.1, -0.05) is 11.6 Å². The smallest absolute Gasteiger partial charge is 0.308 e. The van der Waals surface area contributed by atoms with Crippen molar-refractivity contribution in [3.63, 3.8) is 0 Å². The van der Waals surface area contributed by atoms with Gasteiger partial charge in [-0.3, -0.25) is 0 Å². The summed E-state index contributed by atoms with van der Waals surface area (Å²) >= 11 is 7.80. The summed E-state index contributed by atoms with van der Waals surface area (Å²) in [5.74, 6) is 0. The minimum Gasteiger partial charge on any atom is -0.308 e. The predicted octanol–water partition coefficient (Wildman–Crippen LogP) is 4.19. The van der Waals surface area contributed by atoms with E-state index in [-0.39, 0.29) is 6.04 Å². The van der Waals surface area contributed by atoms with Crippen LogP contribution in [0.2, 0.25) is 4.34 Å². The third kappa shape index (κ3) is 2.85. The van der Waals surface area contributed by atoms with Crippen LogP contribution < -0.4 is 5.32 Å². The molecule has 2 rings (SSSR count). The second-order valence-corrected chi connectivity index (χ2v) is 6.24. The van der Waals surface area contributed by atoms with Crippen LogP contribution in [0, 0.1) is 0 Å². The molecular formula is C10H8ClF3N2S2. The molecule has 98 valence electrons. The van der Waals surface area contributed by atoms with Gasteiger partial charge in [0.1, 0.15) is 0 Å². The van der Waals surface area contributed by atoms with Gasteiger partial charge >= 0.3 is 6.18 Å². The minimum absolute atomic E-state index is 0.309. The first-order valence-corrected chi connectivity index (χ1v) is 6.88. The average Bonchev–Trinajstić information content (AvgIpc) is 2.88. The highest BCUT2D eigenvalue weighted by molar-refractivity contribution is 7.16. The zero-order chi connectivity index (χ0) is 13.3. The summed E-state index contributed by atoms with van der Waals surface area (Å²) in [5, 5.41) is 2.13. The lowest BCUT2D eigenvalue weighted by atomic mass is 10.2. The Morgan fingerprint density at radius 1 is 1.28 bits per heavy atom. The highest BCUT2D eigenvalue weighted by Crippen LogP contribution is 2.37. The van der Waals surface area contributed by atoms with E-state index < -0.39 is 11.2 Å². The molecule has 0 aliphatic heterocycles. The van der Waals surface area contributed by atoms with E-state index in [2.05, 4.69) is 10.3 Å². The van der Waals surface area contributed by atoms with Crippen LogP contribution in [0.3, 0.4) is 0 Å². The summed E-state index contributed by atoms with van der Waals surface area (Å²) in [6, 6.07) is 3.20. The summed E-state index contributed by atoms with van der Waals surface area (Å²) in [6.45, 7) is 0. The summed E-state index contributed by atoms with van der Waals surface area (Å²) < 4.78 is 38.1. The van der Waals surface area contributed by atoms with Gasteiger partial charge in [0.25, 0.3) is 0 Å². The van der Waals surface area contributed by atoms with Gasteiger partial charge in [0.15, 0.2) is 5.01 Å². The molecule has 0 radical (unpaired) electrons. The van der Waals surface area contributed by atoms with Gasteiger partial charge in [0.2, 0.25) is 0 Å². The molecule has 2 heterocycles. The van der Waals surface area contributed by atoms with Gasteiger partial charge in [0.05, 0.1) is 10.4 Å². The number of halogens is 4. The van der Waals surface area contributed by atoms with Crippen molar-refractivity contribution in [1.29, 1.82) is 0 Å². The van der Waals surface area contributed by atoms with Gasteiger partial charge < -0.3 is 5.32 Å². The van der Waals surface area contributed by atoms with E-state index in [4.69, 9.17) is 11.6 Å². The lowest BCUT2D eigenvalue weighted by Crippen LogP contribution is -2.15. The summed E-state index contributed by atoms with van der Waals surface area (Å²) in [5.41, 5.74) is 0. The van der Waals surface area contributed by atoms with Gasteiger partial charge in [-0.15, -0.1) is 22.7 Å². The normalized spacial score (nSPS) is 13.8. The van der Waals surface area contributed by atoms with Crippen LogP contribution in [0.5, 0.6) is 0 Å². The van der Waals surface area contributed by atoms with Crippen LogP contribution in [-0.2, 0) is 6.18 Å². The van der Waals surface area contributed by atoms with Crippen LogP contribution >= 0.6 is 34.3 Å². The molecule has 0 bridgehead atoms. The highest BCUT2D eigenvalue weighted by atomic mass is 35.5. The number of hydrogen-bond acceptors (Lipinski definition) is 4. The Morgan fingerprint density at radius 2 is 2.00 bits per heavy atom. The first-order valence-electron chi connectivity index (χ1n) is 4.87. The predicted molar refractivity (Wildman–Crippen MR) is 67.3 cm³/mol. The molecule has 0 spiro atoms. The summed E-state index contributed by atoms with van der Waals surface area (Å²) in [4.78, 5) is 4.79. The minimum atomic E-state index is -4.39. The van der Waals surface area contributed by atoms with E-state index >= 15 is 0 Å². The molecule has 18 heavy (non-hydrogen) atoms. The molecule has 0 aromatic carbocycles. The fourth-order valence-corrected chi connectivity index (χ4v) is 3.64. The maximum Gasteiger partial charge on any atom is 0.443 e. The van der Waals surface area contributed by atoms with E-state index in [1.807, 2.05) is 0 Å². The summed E-state index contributed by atoms with van der Waals surface area (Å²) in [7, 11) is 1.69. The Morgan fingerprint density at radius 3 is 2.44 bits per heavy atom. The zero-order valence-electron chi connectivity index (χ0n) is 9.08. The Hall–Kier alpha value is -0.630. The Kier molecular flexibility index (Phi) is 3.96. The van der Waals surface area contributed by atoms with E-state index in [1.54, 1.807) is 19.2 Å². The number of hydrogen-bond donors (Lipinski definition) is 1. The van der Waals surface area contributed by atoms with Crippen molar-refractivity contribution in [2.75, 3.05) is 7.05 Å². The number of thiophene rings is 1. The molecule has 0 saturated carbocycles. The molecule has 0 fully saturated rings. The number of thiazole rings is 1. The molecule has 0 aliphatic carbocycles. The van der Waals surface area contributed by atoms with Crippen LogP contribution in [0.15, 0.2) is 18.3 Å². The molecule has 1 atom stereocenters. The Balaban J connectivity index is 2.31. The first kappa shape index (κ1) is 13.8. The van der Waals surface area contributed by atoms with Crippen LogP contribution in [0.4, 0.5) is 13.2 Å². The number of nitrogens with zero attached hydrogens (tertiary/aromatic N) is 1. The summed E-state index contributed by atoms with van der Waals surface area (Å²) in [6.07, 6.45) is -3.14. The second kappa shape index (κ2) is 5.16. The van der Waals surface area contributed by atoms with Crippen molar-refractivity contribution in [2.24, 2.45) is 0 Å². The standard InChI is InChI=1S/C10H8ClF3N2S2/c1-15-8(5-2-3-7(11)17-5)6-4-16-9(18-6)10(12,13)14/h2-4,8,15H,1H3. The second-order valence-electron chi connectivity index (χ2n) is 3.43. The lowest BCUT2D eigenvalue weighted by molar-refractivity contribution is -0.137. The van der Waals surface area contributed by atoms with Gasteiger partial charge in [-0.2, -0.15) is 13.2 Å². The van der Waals surface area contributed by atoms with E-state index in [9.17, 15) is 13.2 Å². The molecule has 1 N–H and O–H groups in total. The monoisotopic (exact) mass is 312 g/mol. The topological polar surface area (TPSA) is 24.9 Å². The first-order chi connectivity index (χ1) is 8.41. The SMILES string of the molecule is CNC(c1ccc(Cl)s1)c1cnc(C(F)(F)F)s1. The van der Waals surface area contributed by atoms with E-state index in [0.717, 1.165) is 4.88 Å². The number of nitrogens with one attached hydrogen (secondary N) is 1. The van der Waals surface area contributed by atoms with Crippen molar-refractivity contribution in [3.05, 3.63) is 37.4 Å². The van der Waals surface area contributed by atoms with Crippen LogP contribution in [0.25, 0.3) is 0 Å². The molecule has 0 aliphatic rings. The van der Waals surface area contributed by atoms with E-state index in [0.29, 0.717) is 20.6 Å². The number of alkyl halides is 3. The lowest BCUT2D eigenvalue weighted by Gasteiger charge is -2.11. The Bertz CT molecular complexity index is 535. The highest BCUT2D eigenvalue weighted by Gasteiger charge is 2.35.